The summed E-state index contributed by atoms with van der Waals surface area (Å²) in [4.78, 5) is 33.3. The second-order valence-electron chi connectivity index (χ2n) is 7.44. The van der Waals surface area contributed by atoms with E-state index in [1.165, 1.54) is 18.6 Å². The van der Waals surface area contributed by atoms with Crippen LogP contribution in [0.1, 0.15) is 40.7 Å². The molecular formula is C21H25BN6O5. The number of hydrogen-bond acceptors (Lipinski definition) is 9. The summed E-state index contributed by atoms with van der Waals surface area (Å²) in [6.45, 7) is 1.61. The van der Waals surface area contributed by atoms with E-state index in [0.29, 0.717) is 25.2 Å². The lowest BCUT2D eigenvalue weighted by atomic mass is 9.76. The number of nitrogens with one attached hydrogen (secondary N) is 2. The molecule has 0 spiro atoms. The fourth-order valence-electron chi connectivity index (χ4n) is 3.20. The van der Waals surface area contributed by atoms with Crippen LogP contribution in [0.3, 0.4) is 0 Å². The van der Waals surface area contributed by atoms with E-state index in [9.17, 15) is 19.6 Å². The summed E-state index contributed by atoms with van der Waals surface area (Å²) in [6, 6.07) is 8.62. The number of carbonyl (C=O) groups is 2. The van der Waals surface area contributed by atoms with Gasteiger partial charge in [0.1, 0.15) is 11.7 Å². The van der Waals surface area contributed by atoms with Crippen molar-refractivity contribution < 1.29 is 24.1 Å². The van der Waals surface area contributed by atoms with Crippen LogP contribution in [0.15, 0.2) is 53.3 Å². The number of carbonyl (C=O) groups excluding carboxylic acids is 2. The summed E-state index contributed by atoms with van der Waals surface area (Å²) < 4.78 is 5.34. The maximum atomic E-state index is 13.0. The quantitative estimate of drug-likeness (QED) is 0.294. The van der Waals surface area contributed by atoms with Crippen molar-refractivity contribution in [3.05, 3.63) is 72.0 Å². The van der Waals surface area contributed by atoms with Crippen LogP contribution in [0.2, 0.25) is 0 Å². The molecule has 12 heteroatoms. The van der Waals surface area contributed by atoms with Crippen LogP contribution in [-0.2, 0) is 17.6 Å². The Morgan fingerprint density at radius 2 is 1.91 bits per heavy atom. The lowest BCUT2D eigenvalue weighted by Gasteiger charge is -2.22. The van der Waals surface area contributed by atoms with E-state index in [2.05, 4.69) is 30.8 Å². The van der Waals surface area contributed by atoms with Crippen LogP contribution in [-0.4, -0.2) is 61.1 Å². The number of benzene rings is 1. The molecule has 0 fully saturated rings. The number of aromatic nitrogens is 4. The highest BCUT2D eigenvalue weighted by molar-refractivity contribution is 6.43. The molecule has 0 aliphatic heterocycles. The first kappa shape index (κ1) is 24.0. The molecule has 172 valence electrons. The molecule has 0 saturated heterocycles. The Kier molecular flexibility index (Phi) is 8.61. The molecule has 0 unspecified atom stereocenters. The summed E-state index contributed by atoms with van der Waals surface area (Å²) >= 11 is 0. The Balaban J connectivity index is 1.66. The highest BCUT2D eigenvalue weighted by atomic mass is 16.4. The van der Waals surface area contributed by atoms with Crippen LogP contribution in [0, 0.1) is 6.92 Å². The predicted molar refractivity (Wildman–Crippen MR) is 118 cm³/mol. The lowest BCUT2D eigenvalue weighted by Crippen LogP contribution is -2.54. The molecule has 1 aromatic carbocycles. The van der Waals surface area contributed by atoms with Crippen molar-refractivity contribution in [2.45, 2.75) is 44.6 Å². The van der Waals surface area contributed by atoms with Gasteiger partial charge in [-0.3, -0.25) is 14.6 Å². The first-order chi connectivity index (χ1) is 15.9. The number of rotatable bonds is 11. The molecule has 0 bridgehead atoms. The monoisotopic (exact) mass is 452 g/mol. The molecule has 2 aromatic heterocycles. The summed E-state index contributed by atoms with van der Waals surface area (Å²) in [5.41, 5.74) is 1.13. The van der Waals surface area contributed by atoms with Gasteiger partial charge in [-0.15, -0.1) is 10.2 Å². The van der Waals surface area contributed by atoms with E-state index in [0.717, 1.165) is 5.56 Å². The zero-order valence-corrected chi connectivity index (χ0v) is 18.1. The molecule has 0 aliphatic rings. The first-order valence-electron chi connectivity index (χ1n) is 10.5. The maximum absolute atomic E-state index is 13.0. The number of nitrogens with zero attached hydrogens (tertiary/aromatic N) is 4. The average Bonchev–Trinajstić information content (AvgIpc) is 3.23. The third kappa shape index (κ3) is 7.47. The van der Waals surface area contributed by atoms with E-state index < -0.39 is 30.9 Å². The molecule has 33 heavy (non-hydrogen) atoms. The Morgan fingerprint density at radius 3 is 2.55 bits per heavy atom. The van der Waals surface area contributed by atoms with Crippen molar-refractivity contribution in [3.63, 3.8) is 0 Å². The van der Waals surface area contributed by atoms with Crippen molar-refractivity contribution in [2.24, 2.45) is 0 Å². The van der Waals surface area contributed by atoms with Gasteiger partial charge in [0.05, 0.1) is 18.6 Å². The first-order valence-corrected chi connectivity index (χ1v) is 10.5. The minimum Gasteiger partial charge on any atom is -0.426 e. The predicted octanol–water partition coefficient (Wildman–Crippen LogP) is 0.0288. The highest BCUT2D eigenvalue weighted by Gasteiger charge is 2.30. The zero-order valence-electron chi connectivity index (χ0n) is 18.1. The molecule has 3 rings (SSSR count). The normalized spacial score (nSPS) is 12.6. The fraction of sp³-hybridized carbons (Fsp3) is 0.333. The van der Waals surface area contributed by atoms with E-state index in [1.54, 1.807) is 6.92 Å². The van der Waals surface area contributed by atoms with Gasteiger partial charge >= 0.3 is 7.12 Å². The number of amides is 2. The molecule has 11 nitrogen and oxygen atoms in total. The molecule has 0 saturated carbocycles. The number of aryl methyl sites for hydroxylation is 2. The minimum atomic E-state index is -1.77. The van der Waals surface area contributed by atoms with Gasteiger partial charge < -0.3 is 25.1 Å². The summed E-state index contributed by atoms with van der Waals surface area (Å²) in [5.74, 6) is -1.71. The van der Waals surface area contributed by atoms with Crippen molar-refractivity contribution >= 4 is 18.9 Å². The van der Waals surface area contributed by atoms with Crippen molar-refractivity contribution in [1.82, 2.24) is 30.8 Å². The third-order valence-electron chi connectivity index (χ3n) is 4.88. The summed E-state index contributed by atoms with van der Waals surface area (Å²) in [5, 5.41) is 32.4. The molecule has 0 aliphatic carbocycles. The largest absolute Gasteiger partial charge is 0.475 e. The van der Waals surface area contributed by atoms with Crippen LogP contribution >= 0.6 is 0 Å². The van der Waals surface area contributed by atoms with Gasteiger partial charge in [-0.2, -0.15) is 0 Å². The Morgan fingerprint density at radius 1 is 1.12 bits per heavy atom. The molecule has 2 atom stereocenters. The molecule has 4 N–H and O–H groups in total. The zero-order chi connectivity index (χ0) is 23.6. The van der Waals surface area contributed by atoms with Crippen LogP contribution in [0.4, 0.5) is 0 Å². The Labute approximate surface area is 190 Å². The minimum absolute atomic E-state index is 0.0265. The van der Waals surface area contributed by atoms with Gasteiger partial charge in [0.15, 0.2) is 0 Å². The third-order valence-corrected chi connectivity index (χ3v) is 4.88. The number of hydrogen-bond donors (Lipinski definition) is 4. The van der Waals surface area contributed by atoms with Crippen LogP contribution in [0.25, 0.3) is 0 Å². The van der Waals surface area contributed by atoms with Gasteiger partial charge in [0.2, 0.25) is 17.7 Å². The van der Waals surface area contributed by atoms with Gasteiger partial charge in [0, 0.05) is 19.3 Å². The lowest BCUT2D eigenvalue weighted by molar-refractivity contribution is -0.123. The Bertz CT molecular complexity index is 1030. The van der Waals surface area contributed by atoms with Gasteiger partial charge in [0.25, 0.3) is 5.91 Å². The topological polar surface area (TPSA) is 163 Å². The van der Waals surface area contributed by atoms with Crippen LogP contribution in [0.5, 0.6) is 0 Å². The molecular weight excluding hydrogens is 427 g/mol. The van der Waals surface area contributed by atoms with Gasteiger partial charge in [-0.25, -0.2) is 4.98 Å². The van der Waals surface area contributed by atoms with Crippen molar-refractivity contribution in [3.8, 4) is 0 Å². The summed E-state index contributed by atoms with van der Waals surface area (Å²) in [7, 11) is -1.77. The molecule has 2 amide bonds. The van der Waals surface area contributed by atoms with E-state index in [1.807, 2.05) is 30.3 Å². The fourth-order valence-corrected chi connectivity index (χ4v) is 3.20. The van der Waals surface area contributed by atoms with Crippen LogP contribution < -0.4 is 10.6 Å². The molecule has 3 aromatic rings. The van der Waals surface area contributed by atoms with Crippen molar-refractivity contribution in [1.29, 1.82) is 0 Å². The molecule has 2 heterocycles. The summed E-state index contributed by atoms with van der Waals surface area (Å²) in [6.07, 6.45) is 5.62. The van der Waals surface area contributed by atoms with E-state index >= 15 is 0 Å². The SMILES string of the molecule is Cc1nnc(C[C@@H](NC(=O)c2cnccn2)C(=O)N[C@@H](CCCc2ccccc2)B(O)O)o1. The molecule has 0 radical (unpaired) electrons. The highest BCUT2D eigenvalue weighted by Crippen LogP contribution is 2.09. The maximum Gasteiger partial charge on any atom is 0.475 e. The second kappa shape index (κ2) is 11.8. The van der Waals surface area contributed by atoms with E-state index in [4.69, 9.17) is 4.42 Å². The Hall–Kier alpha value is -3.64. The smallest absolute Gasteiger partial charge is 0.426 e. The standard InChI is InChI=1S/C21H25BN6O5/c1-14-27-28-19(33-14)12-16(25-21(30)17-13-23-10-11-24-17)20(29)26-18(22(31)32)9-5-8-15-6-3-2-4-7-15/h2-4,6-7,10-11,13,16,18,31-32H,5,8-9,12H2,1H3,(H,25,30)(H,26,29)/t16-,18+/m1/s1. The van der Waals surface area contributed by atoms with Gasteiger partial charge in [-0.05, 0) is 24.8 Å². The van der Waals surface area contributed by atoms with Crippen molar-refractivity contribution in [2.75, 3.05) is 0 Å². The van der Waals surface area contributed by atoms with Gasteiger partial charge in [-0.1, -0.05) is 30.3 Å². The second-order valence-corrected chi connectivity index (χ2v) is 7.44. The van der Waals surface area contributed by atoms with E-state index in [-0.39, 0.29) is 18.0 Å². The average molecular weight is 452 g/mol.